The van der Waals surface area contributed by atoms with Gasteiger partial charge in [-0.1, -0.05) is 17.7 Å². The highest BCUT2D eigenvalue weighted by Crippen LogP contribution is 2.36. The normalized spacial score (nSPS) is 21.3. The van der Waals surface area contributed by atoms with Crippen LogP contribution in [0.4, 0.5) is 0 Å². The molecule has 1 nitrogen and oxygen atoms in total. The van der Waals surface area contributed by atoms with Gasteiger partial charge in [0, 0.05) is 10.5 Å². The van der Waals surface area contributed by atoms with Crippen molar-refractivity contribution in [2.75, 3.05) is 0 Å². The fraction of sp³-hybridized carbons (Fsp3) is 0.400. The molecule has 1 atom stereocenters. The number of fused-ring (bicyclic) bond motifs is 1. The van der Waals surface area contributed by atoms with E-state index in [2.05, 4.69) is 22.0 Å². The number of benzene rings is 1. The number of rotatable bonds is 0. The summed E-state index contributed by atoms with van der Waals surface area (Å²) in [5.74, 6) is 0. The molecule has 70 valence electrons. The first-order chi connectivity index (χ1) is 6.20. The Morgan fingerprint density at radius 2 is 2.23 bits per heavy atom. The third-order valence-corrected chi connectivity index (χ3v) is 3.89. The number of halogens is 2. The minimum Gasteiger partial charge on any atom is -0.324 e. The zero-order valence-corrected chi connectivity index (χ0v) is 9.53. The fourth-order valence-electron chi connectivity index (χ4n) is 1.86. The van der Waals surface area contributed by atoms with E-state index in [0.717, 1.165) is 28.8 Å². The van der Waals surface area contributed by atoms with Crippen LogP contribution < -0.4 is 5.73 Å². The van der Waals surface area contributed by atoms with Gasteiger partial charge >= 0.3 is 0 Å². The van der Waals surface area contributed by atoms with Gasteiger partial charge in [-0.2, -0.15) is 0 Å². The van der Waals surface area contributed by atoms with Crippen LogP contribution in [0.2, 0.25) is 5.02 Å². The van der Waals surface area contributed by atoms with Gasteiger partial charge in [-0.3, -0.25) is 0 Å². The Morgan fingerprint density at radius 3 is 3.00 bits per heavy atom. The van der Waals surface area contributed by atoms with Gasteiger partial charge in [0.25, 0.3) is 0 Å². The molecule has 0 unspecified atom stereocenters. The lowest BCUT2D eigenvalue weighted by Gasteiger charge is -2.23. The summed E-state index contributed by atoms with van der Waals surface area (Å²) in [7, 11) is 0. The van der Waals surface area contributed by atoms with E-state index in [9.17, 15) is 0 Å². The molecule has 0 heterocycles. The van der Waals surface area contributed by atoms with Crippen LogP contribution in [0.1, 0.15) is 30.0 Å². The Hall–Kier alpha value is -0.0500. The summed E-state index contributed by atoms with van der Waals surface area (Å²) in [6.07, 6.45) is 3.27. The number of hydrogen-bond donors (Lipinski definition) is 1. The van der Waals surface area contributed by atoms with Gasteiger partial charge in [-0.15, -0.1) is 0 Å². The summed E-state index contributed by atoms with van der Waals surface area (Å²) in [4.78, 5) is 0. The fourth-order valence-corrected chi connectivity index (χ4v) is 2.50. The molecular formula is C10H11BrClN. The Bertz CT molecular complexity index is 338. The van der Waals surface area contributed by atoms with Crippen molar-refractivity contribution in [3.05, 3.63) is 32.8 Å². The molecule has 13 heavy (non-hydrogen) atoms. The van der Waals surface area contributed by atoms with E-state index >= 15 is 0 Å². The summed E-state index contributed by atoms with van der Waals surface area (Å²) >= 11 is 9.60. The first-order valence-corrected chi connectivity index (χ1v) is 5.59. The molecule has 1 aromatic carbocycles. The Balaban J connectivity index is 2.56. The Kier molecular flexibility index (Phi) is 2.63. The second-order valence-electron chi connectivity index (χ2n) is 3.43. The summed E-state index contributed by atoms with van der Waals surface area (Å²) in [6.45, 7) is 0. The first-order valence-electron chi connectivity index (χ1n) is 4.42. The van der Waals surface area contributed by atoms with E-state index in [4.69, 9.17) is 17.3 Å². The zero-order chi connectivity index (χ0) is 9.42. The third-order valence-electron chi connectivity index (χ3n) is 2.57. The lowest BCUT2D eigenvalue weighted by molar-refractivity contribution is 0.570. The molecule has 0 amide bonds. The van der Waals surface area contributed by atoms with Crippen molar-refractivity contribution in [2.24, 2.45) is 5.73 Å². The lowest BCUT2D eigenvalue weighted by atomic mass is 9.88. The third kappa shape index (κ3) is 1.63. The van der Waals surface area contributed by atoms with E-state index in [1.165, 1.54) is 11.1 Å². The van der Waals surface area contributed by atoms with Gasteiger partial charge < -0.3 is 5.73 Å². The SMILES string of the molecule is N[C@@H]1CCCc2c1ccc(Br)c2Cl. The van der Waals surface area contributed by atoms with E-state index in [1.54, 1.807) is 0 Å². The zero-order valence-electron chi connectivity index (χ0n) is 7.19. The van der Waals surface area contributed by atoms with Gasteiger partial charge in [-0.25, -0.2) is 0 Å². The van der Waals surface area contributed by atoms with Crippen LogP contribution in [-0.4, -0.2) is 0 Å². The minimum absolute atomic E-state index is 0.175. The van der Waals surface area contributed by atoms with E-state index < -0.39 is 0 Å². The largest absolute Gasteiger partial charge is 0.324 e. The number of hydrogen-bond acceptors (Lipinski definition) is 1. The van der Waals surface area contributed by atoms with Crippen molar-refractivity contribution >= 4 is 27.5 Å². The van der Waals surface area contributed by atoms with Crippen molar-refractivity contribution in [3.63, 3.8) is 0 Å². The molecule has 0 saturated heterocycles. The monoisotopic (exact) mass is 259 g/mol. The van der Waals surface area contributed by atoms with Crippen LogP contribution in [0.3, 0.4) is 0 Å². The molecule has 2 rings (SSSR count). The Morgan fingerprint density at radius 1 is 1.46 bits per heavy atom. The van der Waals surface area contributed by atoms with Crippen LogP contribution in [0.25, 0.3) is 0 Å². The molecule has 0 aromatic heterocycles. The van der Waals surface area contributed by atoms with Crippen LogP contribution in [-0.2, 0) is 6.42 Å². The first kappa shape index (κ1) is 9.50. The van der Waals surface area contributed by atoms with Crippen molar-refractivity contribution in [2.45, 2.75) is 25.3 Å². The number of nitrogens with two attached hydrogens (primary N) is 1. The lowest BCUT2D eigenvalue weighted by Crippen LogP contribution is -2.17. The molecular weight excluding hydrogens is 249 g/mol. The molecule has 3 heteroatoms. The Labute approximate surface area is 91.4 Å². The summed E-state index contributed by atoms with van der Waals surface area (Å²) in [5.41, 5.74) is 8.44. The van der Waals surface area contributed by atoms with Gasteiger partial charge in [0.05, 0.1) is 5.02 Å². The van der Waals surface area contributed by atoms with Crippen LogP contribution in [0, 0.1) is 0 Å². The predicted octanol–water partition coefficient (Wildman–Crippen LogP) is 3.44. The summed E-state index contributed by atoms with van der Waals surface area (Å²) in [6, 6.07) is 4.23. The molecule has 1 aliphatic carbocycles. The van der Waals surface area contributed by atoms with Gasteiger partial charge in [0.2, 0.25) is 0 Å². The standard InChI is InChI=1S/C10H11BrClN/c11-8-5-4-6-7(10(8)12)2-1-3-9(6)13/h4-5,9H,1-3,13H2/t9-/m1/s1. The molecule has 2 N–H and O–H groups in total. The minimum atomic E-state index is 0.175. The quantitative estimate of drug-likeness (QED) is 0.760. The topological polar surface area (TPSA) is 26.0 Å². The highest BCUT2D eigenvalue weighted by molar-refractivity contribution is 9.10. The van der Waals surface area contributed by atoms with Crippen molar-refractivity contribution < 1.29 is 0 Å². The van der Waals surface area contributed by atoms with Crippen molar-refractivity contribution in [1.82, 2.24) is 0 Å². The highest BCUT2D eigenvalue weighted by atomic mass is 79.9. The maximum Gasteiger partial charge on any atom is 0.0583 e. The second kappa shape index (κ2) is 3.60. The van der Waals surface area contributed by atoms with Gasteiger partial charge in [0.1, 0.15) is 0 Å². The van der Waals surface area contributed by atoms with Crippen molar-refractivity contribution in [3.8, 4) is 0 Å². The van der Waals surface area contributed by atoms with Crippen LogP contribution in [0.5, 0.6) is 0 Å². The molecule has 0 radical (unpaired) electrons. The van der Waals surface area contributed by atoms with Crippen molar-refractivity contribution in [1.29, 1.82) is 0 Å². The average Bonchev–Trinajstić information content (AvgIpc) is 2.12. The van der Waals surface area contributed by atoms with Crippen LogP contribution in [0.15, 0.2) is 16.6 Å². The van der Waals surface area contributed by atoms with E-state index in [0.29, 0.717) is 0 Å². The summed E-state index contributed by atoms with van der Waals surface area (Å²) in [5, 5.41) is 0.840. The molecule has 1 aliphatic rings. The predicted molar refractivity (Wildman–Crippen MR) is 59.0 cm³/mol. The smallest absolute Gasteiger partial charge is 0.0583 e. The molecule has 1 aromatic rings. The molecule has 0 bridgehead atoms. The molecule has 0 aliphatic heterocycles. The maximum absolute atomic E-state index is 6.17. The van der Waals surface area contributed by atoms with E-state index in [1.807, 2.05) is 6.07 Å². The molecule has 0 spiro atoms. The van der Waals surface area contributed by atoms with Gasteiger partial charge in [0.15, 0.2) is 0 Å². The molecule has 0 saturated carbocycles. The maximum atomic E-state index is 6.17. The van der Waals surface area contributed by atoms with Gasteiger partial charge in [-0.05, 0) is 52.4 Å². The average molecular weight is 261 g/mol. The second-order valence-corrected chi connectivity index (χ2v) is 4.66. The summed E-state index contributed by atoms with van der Waals surface area (Å²) < 4.78 is 0.974. The highest BCUT2D eigenvalue weighted by Gasteiger charge is 2.19. The van der Waals surface area contributed by atoms with E-state index in [-0.39, 0.29) is 6.04 Å². The molecule has 0 fully saturated rings. The van der Waals surface area contributed by atoms with Crippen LogP contribution >= 0.6 is 27.5 Å².